The van der Waals surface area contributed by atoms with E-state index in [0.717, 1.165) is 12.1 Å². The van der Waals surface area contributed by atoms with Crippen molar-refractivity contribution in [1.82, 2.24) is 4.98 Å². The number of hydrogen-bond acceptors (Lipinski definition) is 2. The largest absolute Gasteiger partial charge is 0.488 e. The molecule has 0 spiro atoms. The predicted octanol–water partition coefficient (Wildman–Crippen LogP) is 8.21. The van der Waals surface area contributed by atoms with Crippen LogP contribution in [0.2, 0.25) is 0 Å². The van der Waals surface area contributed by atoms with Gasteiger partial charge in [-0.2, -0.15) is 13.2 Å². The van der Waals surface area contributed by atoms with Crippen LogP contribution in [0.3, 0.4) is 0 Å². The summed E-state index contributed by atoms with van der Waals surface area (Å²) < 4.78 is 59.9. The zero-order chi connectivity index (χ0) is 24.0. The molecule has 0 bridgehead atoms. The number of fused-ring (bicyclic) bond motifs is 1. The second kappa shape index (κ2) is 8.18. The first-order valence-electron chi connectivity index (χ1n) is 10.5. The van der Waals surface area contributed by atoms with Gasteiger partial charge in [-0.25, -0.2) is 9.37 Å². The lowest BCUT2D eigenvalue weighted by Gasteiger charge is -2.21. The van der Waals surface area contributed by atoms with Crippen molar-refractivity contribution in [1.29, 1.82) is 0 Å². The van der Waals surface area contributed by atoms with E-state index in [4.69, 9.17) is 4.74 Å². The van der Waals surface area contributed by atoms with Crippen molar-refractivity contribution in [2.24, 2.45) is 0 Å². The summed E-state index contributed by atoms with van der Waals surface area (Å²) in [5.74, 6) is 0.289. The van der Waals surface area contributed by atoms with Crippen LogP contribution >= 0.6 is 0 Å². The van der Waals surface area contributed by atoms with Crippen molar-refractivity contribution in [3.63, 3.8) is 0 Å². The number of rotatable bonds is 3. The smallest absolute Gasteiger partial charge is 0.416 e. The van der Waals surface area contributed by atoms with Crippen molar-refractivity contribution in [2.75, 3.05) is 0 Å². The molecule has 1 heterocycles. The fraction of sp³-hybridized carbons (Fsp3) is 0.222. The minimum Gasteiger partial charge on any atom is -0.488 e. The molecule has 0 amide bonds. The fourth-order valence-electron chi connectivity index (χ4n) is 3.68. The predicted molar refractivity (Wildman–Crippen MR) is 123 cm³/mol. The van der Waals surface area contributed by atoms with Crippen LogP contribution < -0.4 is 4.74 Å². The average Bonchev–Trinajstić information content (AvgIpc) is 2.72. The topological polar surface area (TPSA) is 22.1 Å². The molecule has 2 nitrogen and oxygen atoms in total. The van der Waals surface area contributed by atoms with E-state index in [0.29, 0.717) is 44.6 Å². The number of nitrogens with zero attached hydrogens (tertiary/aromatic N) is 1. The van der Waals surface area contributed by atoms with E-state index in [-0.39, 0.29) is 5.60 Å². The summed E-state index contributed by atoms with van der Waals surface area (Å²) in [6, 6.07) is 17.2. The number of hydrogen-bond donors (Lipinski definition) is 0. The molecule has 4 aromatic rings. The van der Waals surface area contributed by atoms with E-state index in [1.807, 2.05) is 20.8 Å². The zero-order valence-corrected chi connectivity index (χ0v) is 18.7. The molecule has 0 atom stereocenters. The van der Waals surface area contributed by atoms with E-state index >= 15 is 4.39 Å². The molecule has 0 aliphatic carbocycles. The minimum atomic E-state index is -4.42. The number of benzene rings is 3. The lowest BCUT2D eigenvalue weighted by molar-refractivity contribution is -0.137. The molecule has 1 aromatic heterocycles. The average molecular weight is 453 g/mol. The van der Waals surface area contributed by atoms with Gasteiger partial charge in [-0.1, -0.05) is 24.3 Å². The van der Waals surface area contributed by atoms with Crippen molar-refractivity contribution < 1.29 is 22.3 Å². The van der Waals surface area contributed by atoms with Gasteiger partial charge in [0.2, 0.25) is 0 Å². The molecule has 3 aromatic carbocycles. The van der Waals surface area contributed by atoms with Crippen LogP contribution in [0.25, 0.3) is 33.3 Å². The maximum atomic E-state index is 15.0. The van der Waals surface area contributed by atoms with Gasteiger partial charge in [-0.05, 0) is 81.3 Å². The van der Waals surface area contributed by atoms with E-state index in [9.17, 15) is 13.2 Å². The number of pyridine rings is 1. The number of aryl methyl sites for hydroxylation is 1. The van der Waals surface area contributed by atoms with Gasteiger partial charge in [0.25, 0.3) is 0 Å². The normalized spacial score (nSPS) is 12.2. The first-order chi connectivity index (χ1) is 15.4. The molecular weight excluding hydrogens is 430 g/mol. The summed E-state index contributed by atoms with van der Waals surface area (Å²) in [5.41, 5.74) is 2.22. The molecule has 0 saturated carbocycles. The van der Waals surface area contributed by atoms with Gasteiger partial charge < -0.3 is 4.74 Å². The third-order valence-electron chi connectivity index (χ3n) is 5.20. The number of alkyl halides is 3. The van der Waals surface area contributed by atoms with E-state index in [1.165, 1.54) is 12.1 Å². The van der Waals surface area contributed by atoms with Crippen LogP contribution in [0.5, 0.6) is 5.75 Å². The summed E-state index contributed by atoms with van der Waals surface area (Å²) in [5, 5.41) is 0.420. The molecule has 4 rings (SSSR count). The van der Waals surface area contributed by atoms with Crippen LogP contribution in [0.15, 0.2) is 66.7 Å². The highest BCUT2D eigenvalue weighted by Crippen LogP contribution is 2.34. The summed E-state index contributed by atoms with van der Waals surface area (Å²) in [6.07, 6.45) is -4.42. The van der Waals surface area contributed by atoms with E-state index < -0.39 is 17.6 Å². The first-order valence-corrected chi connectivity index (χ1v) is 10.5. The summed E-state index contributed by atoms with van der Waals surface area (Å²) in [6.45, 7) is 7.59. The molecule has 0 N–H and O–H groups in total. The van der Waals surface area contributed by atoms with Crippen LogP contribution in [0.1, 0.15) is 31.9 Å². The Bertz CT molecular complexity index is 1320. The monoisotopic (exact) mass is 453 g/mol. The molecule has 6 heteroatoms. The summed E-state index contributed by atoms with van der Waals surface area (Å²) in [4.78, 5) is 4.47. The van der Waals surface area contributed by atoms with Gasteiger partial charge in [0.1, 0.15) is 17.2 Å². The quantitative estimate of drug-likeness (QED) is 0.292. The zero-order valence-electron chi connectivity index (χ0n) is 18.7. The number of halogens is 4. The van der Waals surface area contributed by atoms with Crippen LogP contribution in [0.4, 0.5) is 17.6 Å². The van der Waals surface area contributed by atoms with Crippen LogP contribution in [-0.4, -0.2) is 10.6 Å². The van der Waals surface area contributed by atoms with Gasteiger partial charge >= 0.3 is 6.18 Å². The Morgan fingerprint density at radius 3 is 2.06 bits per heavy atom. The van der Waals surface area contributed by atoms with Crippen LogP contribution in [0, 0.1) is 12.7 Å². The fourth-order valence-corrected chi connectivity index (χ4v) is 3.68. The molecule has 0 aliphatic heterocycles. The third-order valence-corrected chi connectivity index (χ3v) is 5.20. The standard InChI is InChI=1S/C27H23F4NO/c1-16-13-25(32-24-12-8-19(15-22(16)24)27(29,30)31)18-7-11-21(23(28)14-18)17-5-9-20(10-6-17)33-26(2,3)4/h5-15H,1-4H3. The molecule has 0 aliphatic rings. The second-order valence-corrected chi connectivity index (χ2v) is 8.99. The number of ether oxygens (including phenoxy) is 1. The summed E-state index contributed by atoms with van der Waals surface area (Å²) in [7, 11) is 0. The highest BCUT2D eigenvalue weighted by Gasteiger charge is 2.30. The van der Waals surface area contributed by atoms with Gasteiger partial charge in [0, 0.05) is 16.5 Å². The maximum Gasteiger partial charge on any atom is 0.416 e. The van der Waals surface area contributed by atoms with Crippen LogP contribution in [-0.2, 0) is 6.18 Å². The lowest BCUT2D eigenvalue weighted by Crippen LogP contribution is -2.22. The molecule has 0 saturated heterocycles. The van der Waals surface area contributed by atoms with Gasteiger partial charge in [0.15, 0.2) is 0 Å². The Kier molecular flexibility index (Phi) is 5.64. The van der Waals surface area contributed by atoms with Gasteiger partial charge in [0.05, 0.1) is 16.8 Å². The third kappa shape index (κ3) is 5.00. The second-order valence-electron chi connectivity index (χ2n) is 8.99. The van der Waals surface area contributed by atoms with Gasteiger partial charge in [-0.3, -0.25) is 0 Å². The Morgan fingerprint density at radius 1 is 0.788 bits per heavy atom. The van der Waals surface area contributed by atoms with Crippen molar-refractivity contribution in [3.8, 4) is 28.1 Å². The molecule has 170 valence electrons. The molecule has 0 fully saturated rings. The Labute approximate surface area is 189 Å². The van der Waals surface area contributed by atoms with Crippen molar-refractivity contribution in [3.05, 3.63) is 83.7 Å². The van der Waals surface area contributed by atoms with Crippen molar-refractivity contribution in [2.45, 2.75) is 39.5 Å². The highest BCUT2D eigenvalue weighted by molar-refractivity contribution is 5.86. The minimum absolute atomic E-state index is 0.326. The molecule has 33 heavy (non-hydrogen) atoms. The highest BCUT2D eigenvalue weighted by atomic mass is 19.4. The number of aromatic nitrogens is 1. The SMILES string of the molecule is Cc1cc(-c2ccc(-c3ccc(OC(C)(C)C)cc3)c(F)c2)nc2ccc(C(F)(F)F)cc12. The van der Waals surface area contributed by atoms with E-state index in [1.54, 1.807) is 49.4 Å². The Hall–Kier alpha value is -3.41. The lowest BCUT2D eigenvalue weighted by atomic mass is 9.99. The Morgan fingerprint density at radius 2 is 1.45 bits per heavy atom. The molecule has 0 radical (unpaired) electrons. The first kappa shape index (κ1) is 22.8. The summed E-state index contributed by atoms with van der Waals surface area (Å²) >= 11 is 0. The van der Waals surface area contributed by atoms with Gasteiger partial charge in [-0.15, -0.1) is 0 Å². The maximum absolute atomic E-state index is 15.0. The van der Waals surface area contributed by atoms with E-state index in [2.05, 4.69) is 4.98 Å². The molecule has 0 unspecified atom stereocenters. The Balaban J connectivity index is 1.66. The molecular formula is C27H23F4NO. The van der Waals surface area contributed by atoms with Crippen molar-refractivity contribution >= 4 is 10.9 Å².